The van der Waals surface area contributed by atoms with Gasteiger partial charge in [-0.1, -0.05) is 13.8 Å². The molecule has 5 heterocycles. The van der Waals surface area contributed by atoms with E-state index in [1.54, 1.807) is 17.2 Å². The zero-order valence-corrected chi connectivity index (χ0v) is 18.4. The maximum absolute atomic E-state index is 13.9. The lowest BCUT2D eigenvalue weighted by atomic mass is 9.98. The molecule has 8 nitrogen and oxygen atoms in total. The summed E-state index contributed by atoms with van der Waals surface area (Å²) in [6, 6.07) is 3.81. The van der Waals surface area contributed by atoms with Crippen molar-refractivity contribution in [3.63, 3.8) is 0 Å². The van der Waals surface area contributed by atoms with Crippen molar-refractivity contribution in [1.29, 1.82) is 0 Å². The van der Waals surface area contributed by atoms with E-state index in [1.165, 1.54) is 12.0 Å². The smallest absolute Gasteiger partial charge is 0.227 e. The molecule has 2 aliphatic heterocycles. The van der Waals surface area contributed by atoms with Crippen molar-refractivity contribution in [3.05, 3.63) is 36.3 Å². The van der Waals surface area contributed by atoms with Gasteiger partial charge in [-0.2, -0.15) is 4.98 Å². The van der Waals surface area contributed by atoms with Crippen molar-refractivity contribution >= 4 is 34.2 Å². The number of alkyl halides is 1. The lowest BCUT2D eigenvalue weighted by Crippen LogP contribution is -2.45. The Bertz CT molecular complexity index is 1120. The summed E-state index contributed by atoms with van der Waals surface area (Å²) in [5, 5.41) is 15.1. The highest BCUT2D eigenvalue weighted by Gasteiger charge is 2.29. The first-order valence-corrected chi connectivity index (χ1v) is 11.2. The fourth-order valence-electron chi connectivity index (χ4n) is 4.23. The molecule has 0 bridgehead atoms. The van der Waals surface area contributed by atoms with Gasteiger partial charge in [0.25, 0.3) is 0 Å². The minimum absolute atomic E-state index is 0.0862. The van der Waals surface area contributed by atoms with Crippen LogP contribution in [0, 0.1) is 0 Å². The fourth-order valence-corrected chi connectivity index (χ4v) is 4.23. The molecule has 0 spiro atoms. The van der Waals surface area contributed by atoms with Crippen LogP contribution in [0.3, 0.4) is 0 Å². The zero-order chi connectivity index (χ0) is 22.2. The topological polar surface area (TPSA) is 90.3 Å². The van der Waals surface area contributed by atoms with Gasteiger partial charge in [-0.05, 0) is 41.8 Å². The minimum atomic E-state index is -1.30. The van der Waals surface area contributed by atoms with Crippen LogP contribution < -0.4 is 15.1 Å². The van der Waals surface area contributed by atoms with E-state index in [2.05, 4.69) is 39.0 Å². The van der Waals surface area contributed by atoms with Crippen molar-refractivity contribution in [1.82, 2.24) is 19.9 Å². The van der Waals surface area contributed by atoms with Gasteiger partial charge in [0, 0.05) is 43.6 Å². The van der Waals surface area contributed by atoms with Crippen LogP contribution in [0.1, 0.15) is 38.2 Å². The number of rotatable bonds is 5. The average Bonchev–Trinajstić information content (AvgIpc) is 2.74. The van der Waals surface area contributed by atoms with Crippen LogP contribution in [0.2, 0.25) is 0 Å². The molecule has 2 aliphatic rings. The largest absolute Gasteiger partial charge is 0.390 e. The monoisotopic (exact) mass is 437 g/mol. The van der Waals surface area contributed by atoms with E-state index in [-0.39, 0.29) is 6.54 Å². The number of aliphatic hydroxyl groups excluding tert-OH is 1. The number of piperidine rings is 1. The molecule has 0 amide bonds. The number of pyridine rings is 2. The predicted molar refractivity (Wildman–Crippen MR) is 124 cm³/mol. The number of aromatic nitrogens is 4. The second-order valence-electron chi connectivity index (χ2n) is 8.83. The van der Waals surface area contributed by atoms with E-state index in [4.69, 9.17) is 4.98 Å². The second kappa shape index (κ2) is 8.46. The van der Waals surface area contributed by atoms with Crippen LogP contribution in [0.4, 0.5) is 27.8 Å². The third-order valence-electron chi connectivity index (χ3n) is 6.25. The third kappa shape index (κ3) is 3.92. The normalized spacial score (nSPS) is 21.2. The van der Waals surface area contributed by atoms with Crippen molar-refractivity contribution < 1.29 is 9.50 Å². The quantitative estimate of drug-likeness (QED) is 0.628. The molecule has 32 heavy (non-hydrogen) atoms. The van der Waals surface area contributed by atoms with Gasteiger partial charge in [-0.3, -0.25) is 0 Å². The van der Waals surface area contributed by atoms with Crippen LogP contribution >= 0.6 is 0 Å². The van der Waals surface area contributed by atoms with E-state index >= 15 is 0 Å². The molecule has 0 unspecified atom stereocenters. The van der Waals surface area contributed by atoms with E-state index in [0.717, 1.165) is 29.7 Å². The summed E-state index contributed by atoms with van der Waals surface area (Å²) in [5.41, 5.74) is 1.18. The van der Waals surface area contributed by atoms with Gasteiger partial charge in [-0.25, -0.2) is 19.3 Å². The molecular formula is C23H28FN7O. The summed E-state index contributed by atoms with van der Waals surface area (Å²) >= 11 is 0. The van der Waals surface area contributed by atoms with Crippen LogP contribution in [0.25, 0.3) is 10.8 Å². The Balaban J connectivity index is 1.44. The molecule has 0 aromatic carbocycles. The van der Waals surface area contributed by atoms with Crippen molar-refractivity contribution in [3.8, 4) is 0 Å². The lowest BCUT2D eigenvalue weighted by molar-refractivity contribution is 0.0612. The first-order valence-electron chi connectivity index (χ1n) is 11.2. The average molecular weight is 438 g/mol. The van der Waals surface area contributed by atoms with Crippen LogP contribution in [0.5, 0.6) is 0 Å². The van der Waals surface area contributed by atoms with E-state index < -0.39 is 12.3 Å². The first kappa shape index (κ1) is 20.8. The Labute approximate surface area is 186 Å². The van der Waals surface area contributed by atoms with Crippen molar-refractivity contribution in [2.45, 2.75) is 44.9 Å². The Morgan fingerprint density at radius 3 is 2.62 bits per heavy atom. The highest BCUT2D eigenvalue weighted by Crippen LogP contribution is 2.34. The zero-order valence-electron chi connectivity index (χ0n) is 18.4. The Morgan fingerprint density at radius 2 is 1.91 bits per heavy atom. The molecule has 2 atom stereocenters. The molecule has 2 fully saturated rings. The van der Waals surface area contributed by atoms with Crippen LogP contribution in [-0.2, 0) is 0 Å². The minimum Gasteiger partial charge on any atom is -0.390 e. The number of hydrogen-bond donors (Lipinski definition) is 2. The highest BCUT2D eigenvalue weighted by molar-refractivity contribution is 5.96. The van der Waals surface area contributed by atoms with E-state index in [0.29, 0.717) is 36.5 Å². The molecule has 0 aliphatic carbocycles. The molecule has 168 valence electrons. The van der Waals surface area contributed by atoms with Gasteiger partial charge < -0.3 is 20.2 Å². The summed E-state index contributed by atoms with van der Waals surface area (Å²) in [6.45, 7) is 6.99. The number of nitrogens with zero attached hydrogens (tertiary/aromatic N) is 6. The van der Waals surface area contributed by atoms with Gasteiger partial charge in [-0.15, -0.1) is 0 Å². The molecule has 2 saturated heterocycles. The highest BCUT2D eigenvalue weighted by atomic mass is 19.1. The van der Waals surface area contributed by atoms with E-state index in [9.17, 15) is 9.50 Å². The Hall–Kier alpha value is -3.07. The lowest BCUT2D eigenvalue weighted by Gasteiger charge is -2.33. The number of anilines is 4. The van der Waals surface area contributed by atoms with E-state index in [1.807, 2.05) is 18.5 Å². The maximum atomic E-state index is 13.9. The summed E-state index contributed by atoms with van der Waals surface area (Å²) in [7, 11) is 0. The summed E-state index contributed by atoms with van der Waals surface area (Å²) in [6.07, 6.45) is 4.85. The molecule has 0 radical (unpaired) electrons. The van der Waals surface area contributed by atoms with Crippen molar-refractivity contribution in [2.24, 2.45) is 0 Å². The first-order chi connectivity index (χ1) is 15.5. The number of nitrogens with one attached hydrogen (secondary N) is 1. The summed E-state index contributed by atoms with van der Waals surface area (Å²) < 4.78 is 13.9. The third-order valence-corrected chi connectivity index (χ3v) is 6.25. The summed E-state index contributed by atoms with van der Waals surface area (Å²) in [5.74, 6) is 3.04. The van der Waals surface area contributed by atoms with Crippen LogP contribution in [-0.4, -0.2) is 63.5 Å². The number of halogens is 1. The fraction of sp³-hybridized carbons (Fsp3) is 0.478. The van der Waals surface area contributed by atoms with Crippen LogP contribution in [0.15, 0.2) is 30.7 Å². The summed E-state index contributed by atoms with van der Waals surface area (Å²) in [4.78, 5) is 22.2. The molecule has 0 saturated carbocycles. The van der Waals surface area contributed by atoms with Gasteiger partial charge in [0.2, 0.25) is 5.95 Å². The predicted octanol–water partition coefficient (Wildman–Crippen LogP) is 3.41. The Morgan fingerprint density at radius 1 is 1.06 bits per heavy atom. The van der Waals surface area contributed by atoms with Gasteiger partial charge in [0.1, 0.15) is 23.6 Å². The Kier molecular flexibility index (Phi) is 5.50. The van der Waals surface area contributed by atoms with Gasteiger partial charge in [0.05, 0.1) is 12.6 Å². The second-order valence-corrected chi connectivity index (χ2v) is 8.83. The molecule has 2 N–H and O–H groups in total. The number of hydrogen-bond acceptors (Lipinski definition) is 8. The standard InChI is InChI=1S/C23H28FN7O/c1-14(2)16-11-27-22(30-7-3-8-30)17-12-26-21(10-15(16)17)28-20-4-6-25-23(29-20)31-9-5-19(32)18(24)13-31/h4,6,10-12,14,18-19,32H,3,5,7-9,13H2,1-2H3,(H,25,26,28,29)/t18-,19+/m0/s1. The van der Waals surface area contributed by atoms with Gasteiger partial charge >= 0.3 is 0 Å². The molecular weight excluding hydrogens is 409 g/mol. The molecule has 5 rings (SSSR count). The molecule has 9 heteroatoms. The number of fused-ring (bicyclic) bond motifs is 1. The van der Waals surface area contributed by atoms with Crippen molar-refractivity contribution in [2.75, 3.05) is 41.3 Å². The molecule has 3 aromatic heterocycles. The van der Waals surface area contributed by atoms with Gasteiger partial charge in [0.15, 0.2) is 0 Å². The SMILES string of the molecule is CC(C)c1cnc(N2CCC2)c2cnc(Nc3ccnc(N4CC[C@@H](O)[C@@H](F)C4)n3)cc12. The maximum Gasteiger partial charge on any atom is 0.227 e. The number of aliphatic hydroxyl groups is 1. The molecule has 3 aromatic rings.